The van der Waals surface area contributed by atoms with Gasteiger partial charge in [-0.25, -0.2) is 9.59 Å². The molecule has 0 atom stereocenters. The highest BCUT2D eigenvalue weighted by atomic mass is 32.2. The Morgan fingerprint density at radius 2 is 1.74 bits per heavy atom. The summed E-state index contributed by atoms with van der Waals surface area (Å²) in [7, 11) is 1.53. The van der Waals surface area contributed by atoms with E-state index in [4.69, 9.17) is 14.6 Å². The third-order valence-electron chi connectivity index (χ3n) is 3.00. The lowest BCUT2D eigenvalue weighted by Gasteiger charge is -2.10. The molecule has 0 aliphatic carbocycles. The summed E-state index contributed by atoms with van der Waals surface area (Å²) in [5.74, 6) is -0.797. The molecular formula is C17H16O5S. The van der Waals surface area contributed by atoms with Crippen molar-refractivity contribution in [2.45, 2.75) is 16.7 Å². The van der Waals surface area contributed by atoms with Gasteiger partial charge >= 0.3 is 11.9 Å². The molecular weight excluding hydrogens is 316 g/mol. The normalized spacial score (nSPS) is 10.2. The van der Waals surface area contributed by atoms with Crippen molar-refractivity contribution >= 4 is 23.7 Å². The van der Waals surface area contributed by atoms with Gasteiger partial charge in [0, 0.05) is 4.90 Å². The smallest absolute Gasteiger partial charge is 0.338 e. The van der Waals surface area contributed by atoms with Gasteiger partial charge in [0.1, 0.15) is 5.75 Å². The number of benzene rings is 2. The van der Waals surface area contributed by atoms with E-state index in [-0.39, 0.29) is 5.56 Å². The average Bonchev–Trinajstić information content (AvgIpc) is 2.56. The predicted octanol–water partition coefficient (Wildman–Crippen LogP) is 3.72. The highest BCUT2D eigenvalue weighted by molar-refractivity contribution is 7.99. The molecule has 0 radical (unpaired) electrons. The maximum atomic E-state index is 11.7. The number of esters is 1. The summed E-state index contributed by atoms with van der Waals surface area (Å²) in [5.41, 5.74) is 0.660. The number of hydrogen-bond donors (Lipinski definition) is 1. The van der Waals surface area contributed by atoms with Crippen LogP contribution in [0.2, 0.25) is 0 Å². The summed E-state index contributed by atoms with van der Waals surface area (Å²) in [6, 6.07) is 11.6. The molecule has 6 heteroatoms. The summed E-state index contributed by atoms with van der Waals surface area (Å²) in [5, 5.41) is 8.90. The molecule has 0 saturated carbocycles. The number of rotatable bonds is 6. The zero-order valence-corrected chi connectivity index (χ0v) is 13.6. The molecule has 23 heavy (non-hydrogen) atoms. The summed E-state index contributed by atoms with van der Waals surface area (Å²) in [4.78, 5) is 24.3. The monoisotopic (exact) mass is 332 g/mol. The molecule has 2 aromatic rings. The van der Waals surface area contributed by atoms with Crippen LogP contribution in [-0.2, 0) is 4.74 Å². The summed E-state index contributed by atoms with van der Waals surface area (Å²) >= 11 is 1.42. The molecule has 2 rings (SSSR count). The van der Waals surface area contributed by atoms with Crippen molar-refractivity contribution in [2.24, 2.45) is 0 Å². The number of ether oxygens (including phenoxy) is 2. The minimum atomic E-state index is -0.960. The topological polar surface area (TPSA) is 72.8 Å². The molecule has 0 aliphatic rings. The third kappa shape index (κ3) is 4.26. The van der Waals surface area contributed by atoms with Crippen LogP contribution >= 0.6 is 11.8 Å². The second-order valence-corrected chi connectivity index (χ2v) is 5.63. The van der Waals surface area contributed by atoms with Crippen LogP contribution in [0, 0.1) is 0 Å². The maximum Gasteiger partial charge on any atom is 0.338 e. The number of carboxylic acids is 1. The fraction of sp³-hybridized carbons (Fsp3) is 0.176. The van der Waals surface area contributed by atoms with E-state index in [1.54, 1.807) is 49.4 Å². The molecule has 120 valence electrons. The van der Waals surface area contributed by atoms with E-state index >= 15 is 0 Å². The Morgan fingerprint density at radius 3 is 2.30 bits per heavy atom. The van der Waals surface area contributed by atoms with Gasteiger partial charge in [0.05, 0.1) is 29.7 Å². The SMILES string of the molecule is CCOC(=O)c1ccc(Sc2ccc(C(=O)O)cc2)c(OC)c1. The van der Waals surface area contributed by atoms with Crippen LogP contribution in [0.4, 0.5) is 0 Å². The number of carbonyl (C=O) groups excluding carboxylic acids is 1. The molecule has 1 N–H and O–H groups in total. The minimum absolute atomic E-state index is 0.235. The molecule has 0 fully saturated rings. The number of carboxylic acid groups (broad SMARTS) is 1. The lowest BCUT2D eigenvalue weighted by Crippen LogP contribution is -2.04. The number of hydrogen-bond acceptors (Lipinski definition) is 5. The largest absolute Gasteiger partial charge is 0.496 e. The predicted molar refractivity (Wildman–Crippen MR) is 86.5 cm³/mol. The quantitative estimate of drug-likeness (QED) is 0.813. The number of carbonyl (C=O) groups is 2. The fourth-order valence-corrected chi connectivity index (χ4v) is 2.79. The van der Waals surface area contributed by atoms with Gasteiger partial charge in [0.25, 0.3) is 0 Å². The van der Waals surface area contributed by atoms with Crippen LogP contribution in [0.5, 0.6) is 5.75 Å². The fourth-order valence-electron chi connectivity index (χ4n) is 1.89. The molecule has 0 unspecified atom stereocenters. The molecule has 0 aromatic heterocycles. The summed E-state index contributed by atoms with van der Waals surface area (Å²) in [6.07, 6.45) is 0. The van der Waals surface area contributed by atoms with E-state index < -0.39 is 11.9 Å². The van der Waals surface area contributed by atoms with Gasteiger partial charge in [-0.1, -0.05) is 11.8 Å². The van der Waals surface area contributed by atoms with E-state index in [2.05, 4.69) is 0 Å². The molecule has 0 bridgehead atoms. The Balaban J connectivity index is 2.22. The molecule has 0 heterocycles. The first-order valence-electron chi connectivity index (χ1n) is 6.91. The van der Waals surface area contributed by atoms with Crippen molar-refractivity contribution in [1.82, 2.24) is 0 Å². The van der Waals surface area contributed by atoms with Gasteiger partial charge in [-0.3, -0.25) is 0 Å². The van der Waals surface area contributed by atoms with Gasteiger partial charge < -0.3 is 14.6 Å². The van der Waals surface area contributed by atoms with Crippen molar-refractivity contribution < 1.29 is 24.2 Å². The highest BCUT2D eigenvalue weighted by Crippen LogP contribution is 2.35. The van der Waals surface area contributed by atoms with Gasteiger partial charge in [0.2, 0.25) is 0 Å². The number of methoxy groups -OCH3 is 1. The zero-order chi connectivity index (χ0) is 16.8. The van der Waals surface area contributed by atoms with E-state index in [1.165, 1.54) is 18.9 Å². The molecule has 0 amide bonds. The van der Waals surface area contributed by atoms with Crippen LogP contribution in [0.3, 0.4) is 0 Å². The molecule has 0 aliphatic heterocycles. The van der Waals surface area contributed by atoms with Gasteiger partial charge in [-0.05, 0) is 49.4 Å². The second-order valence-electron chi connectivity index (χ2n) is 4.52. The van der Waals surface area contributed by atoms with E-state index in [9.17, 15) is 9.59 Å². The van der Waals surface area contributed by atoms with Crippen LogP contribution in [0.25, 0.3) is 0 Å². The maximum absolute atomic E-state index is 11.7. The van der Waals surface area contributed by atoms with Crippen molar-refractivity contribution in [3.63, 3.8) is 0 Å². The second kappa shape index (κ2) is 7.69. The Hall–Kier alpha value is -2.47. The average molecular weight is 332 g/mol. The Morgan fingerprint density at radius 1 is 1.09 bits per heavy atom. The first kappa shape index (κ1) is 16.9. The van der Waals surface area contributed by atoms with E-state index in [0.717, 1.165) is 9.79 Å². The van der Waals surface area contributed by atoms with E-state index in [0.29, 0.717) is 17.9 Å². The Labute approximate surface area is 138 Å². The van der Waals surface area contributed by atoms with Gasteiger partial charge in [0.15, 0.2) is 0 Å². The van der Waals surface area contributed by atoms with E-state index in [1.807, 2.05) is 0 Å². The molecule has 0 saturated heterocycles. The Bertz CT molecular complexity index is 709. The molecule has 0 spiro atoms. The molecule has 5 nitrogen and oxygen atoms in total. The van der Waals surface area contributed by atoms with Crippen LogP contribution in [0.15, 0.2) is 52.3 Å². The highest BCUT2D eigenvalue weighted by Gasteiger charge is 2.12. The first-order valence-corrected chi connectivity index (χ1v) is 7.73. The van der Waals surface area contributed by atoms with Gasteiger partial charge in [-0.2, -0.15) is 0 Å². The van der Waals surface area contributed by atoms with Gasteiger partial charge in [-0.15, -0.1) is 0 Å². The number of aromatic carboxylic acids is 1. The van der Waals surface area contributed by atoms with Crippen LogP contribution in [-0.4, -0.2) is 30.8 Å². The Kier molecular flexibility index (Phi) is 5.65. The van der Waals surface area contributed by atoms with Crippen molar-refractivity contribution in [1.29, 1.82) is 0 Å². The first-order chi connectivity index (χ1) is 11.0. The lowest BCUT2D eigenvalue weighted by atomic mass is 10.2. The van der Waals surface area contributed by atoms with Crippen LogP contribution in [0.1, 0.15) is 27.6 Å². The molecule has 2 aromatic carbocycles. The third-order valence-corrected chi connectivity index (χ3v) is 4.07. The van der Waals surface area contributed by atoms with Crippen LogP contribution < -0.4 is 4.74 Å². The lowest BCUT2D eigenvalue weighted by molar-refractivity contribution is 0.0525. The van der Waals surface area contributed by atoms with Crippen molar-refractivity contribution in [2.75, 3.05) is 13.7 Å². The minimum Gasteiger partial charge on any atom is -0.496 e. The summed E-state index contributed by atoms with van der Waals surface area (Å²) < 4.78 is 10.3. The van der Waals surface area contributed by atoms with Crippen molar-refractivity contribution in [3.8, 4) is 5.75 Å². The summed E-state index contributed by atoms with van der Waals surface area (Å²) in [6.45, 7) is 2.06. The van der Waals surface area contributed by atoms with Crippen molar-refractivity contribution in [3.05, 3.63) is 53.6 Å². The zero-order valence-electron chi connectivity index (χ0n) is 12.7. The standard InChI is InChI=1S/C17H16O5S/c1-3-22-17(20)12-6-9-15(14(10-12)21-2)23-13-7-4-11(5-8-13)16(18)19/h4-10H,3H2,1-2H3,(H,18,19).